The standard InChI is InChI=1S/C30H35BrClN3O4S/c1-22(2)33-30(37)28(20-23-8-5-4-6-9-23)34(21-24-11-13-25(31)14-12-24)29(36)10-7-19-35(40(3,38)39)27-17-15-26(32)16-18-27/h4-6,8-9,11-18,22,28H,7,10,19-21H2,1-3H3,(H,33,37)/t28-/m0/s1. The van der Waals surface area contributed by atoms with E-state index in [-0.39, 0.29) is 43.8 Å². The van der Waals surface area contributed by atoms with Gasteiger partial charge in [-0.25, -0.2) is 8.42 Å². The molecule has 7 nitrogen and oxygen atoms in total. The molecule has 1 atom stereocenters. The number of rotatable bonds is 13. The average molecular weight is 649 g/mol. The topological polar surface area (TPSA) is 86.8 Å². The van der Waals surface area contributed by atoms with Gasteiger partial charge in [-0.15, -0.1) is 0 Å². The lowest BCUT2D eigenvalue weighted by Crippen LogP contribution is -2.51. The van der Waals surface area contributed by atoms with E-state index in [1.54, 1.807) is 29.2 Å². The molecular weight excluding hydrogens is 614 g/mol. The molecule has 40 heavy (non-hydrogen) atoms. The highest BCUT2D eigenvalue weighted by Crippen LogP contribution is 2.22. The molecule has 0 radical (unpaired) electrons. The number of carbonyl (C=O) groups is 2. The predicted molar refractivity (Wildman–Crippen MR) is 165 cm³/mol. The lowest BCUT2D eigenvalue weighted by molar-refractivity contribution is -0.141. The SMILES string of the molecule is CC(C)NC(=O)[C@H](Cc1ccccc1)N(Cc1ccc(Br)cc1)C(=O)CCCN(c1ccc(Cl)cc1)S(C)(=O)=O. The van der Waals surface area contributed by atoms with Gasteiger partial charge < -0.3 is 10.2 Å². The van der Waals surface area contributed by atoms with Gasteiger partial charge in [0.25, 0.3) is 0 Å². The van der Waals surface area contributed by atoms with Crippen LogP contribution in [0.3, 0.4) is 0 Å². The Kier molecular flexibility index (Phi) is 11.6. The van der Waals surface area contributed by atoms with Gasteiger partial charge in [0, 0.05) is 41.5 Å². The van der Waals surface area contributed by atoms with E-state index in [9.17, 15) is 18.0 Å². The van der Waals surface area contributed by atoms with Crippen LogP contribution in [0.4, 0.5) is 5.69 Å². The van der Waals surface area contributed by atoms with Crippen LogP contribution in [-0.2, 0) is 32.6 Å². The van der Waals surface area contributed by atoms with E-state index in [1.807, 2.05) is 68.4 Å². The zero-order valence-electron chi connectivity index (χ0n) is 22.9. The van der Waals surface area contributed by atoms with E-state index in [1.165, 1.54) is 4.31 Å². The van der Waals surface area contributed by atoms with Gasteiger partial charge in [0.2, 0.25) is 21.8 Å². The zero-order chi connectivity index (χ0) is 29.3. The van der Waals surface area contributed by atoms with Crippen molar-refractivity contribution >= 4 is 55.1 Å². The number of hydrogen-bond acceptors (Lipinski definition) is 4. The fourth-order valence-corrected chi connectivity index (χ4v) is 5.69. The van der Waals surface area contributed by atoms with Crippen molar-refractivity contribution in [3.05, 3.63) is 99.5 Å². The van der Waals surface area contributed by atoms with Crippen molar-refractivity contribution in [1.29, 1.82) is 0 Å². The molecule has 0 aliphatic rings. The first-order chi connectivity index (χ1) is 18.9. The lowest BCUT2D eigenvalue weighted by Gasteiger charge is -2.32. The maximum Gasteiger partial charge on any atom is 0.243 e. The van der Waals surface area contributed by atoms with Crippen LogP contribution in [0.15, 0.2) is 83.3 Å². The first kappa shape index (κ1) is 31.6. The van der Waals surface area contributed by atoms with Crippen LogP contribution in [0.2, 0.25) is 5.02 Å². The van der Waals surface area contributed by atoms with E-state index in [0.717, 1.165) is 21.9 Å². The maximum absolute atomic E-state index is 13.8. The van der Waals surface area contributed by atoms with Gasteiger partial charge in [-0.2, -0.15) is 0 Å². The minimum absolute atomic E-state index is 0.0659. The number of carbonyl (C=O) groups excluding carboxylic acids is 2. The summed E-state index contributed by atoms with van der Waals surface area (Å²) in [7, 11) is -3.59. The molecule has 0 saturated carbocycles. The van der Waals surface area contributed by atoms with Crippen LogP contribution in [-0.4, -0.2) is 50.0 Å². The highest BCUT2D eigenvalue weighted by molar-refractivity contribution is 9.10. The quantitative estimate of drug-likeness (QED) is 0.253. The van der Waals surface area contributed by atoms with Gasteiger partial charge >= 0.3 is 0 Å². The number of nitrogens with zero attached hydrogens (tertiary/aromatic N) is 2. The summed E-state index contributed by atoms with van der Waals surface area (Å²) in [5, 5.41) is 3.48. The third-order valence-electron chi connectivity index (χ3n) is 6.23. The molecule has 3 rings (SSSR count). The Morgan fingerprint density at radius 1 is 0.925 bits per heavy atom. The molecule has 2 amide bonds. The second-order valence-corrected chi connectivity index (χ2v) is 13.2. The molecule has 1 N–H and O–H groups in total. The summed E-state index contributed by atoms with van der Waals surface area (Å²) in [5.41, 5.74) is 2.29. The van der Waals surface area contributed by atoms with Crippen molar-refractivity contribution in [2.75, 3.05) is 17.1 Å². The van der Waals surface area contributed by atoms with Crippen molar-refractivity contribution in [1.82, 2.24) is 10.2 Å². The molecule has 0 heterocycles. The smallest absolute Gasteiger partial charge is 0.243 e. The van der Waals surface area contributed by atoms with Crippen LogP contribution in [0.5, 0.6) is 0 Å². The summed E-state index contributed by atoms with van der Waals surface area (Å²) in [6, 6.07) is 22.9. The van der Waals surface area contributed by atoms with Gasteiger partial charge in [0.05, 0.1) is 11.9 Å². The summed E-state index contributed by atoms with van der Waals surface area (Å²) in [5.74, 6) is -0.462. The van der Waals surface area contributed by atoms with Crippen molar-refractivity contribution in [3.8, 4) is 0 Å². The van der Waals surface area contributed by atoms with E-state index in [2.05, 4.69) is 21.2 Å². The van der Waals surface area contributed by atoms with Crippen LogP contribution < -0.4 is 9.62 Å². The van der Waals surface area contributed by atoms with Gasteiger partial charge in [-0.3, -0.25) is 13.9 Å². The molecule has 3 aromatic rings. The molecule has 214 valence electrons. The number of sulfonamides is 1. The molecule has 0 spiro atoms. The van der Waals surface area contributed by atoms with Gasteiger partial charge in [0.1, 0.15) is 6.04 Å². The third kappa shape index (κ3) is 9.64. The van der Waals surface area contributed by atoms with Crippen LogP contribution in [0.1, 0.15) is 37.8 Å². The third-order valence-corrected chi connectivity index (χ3v) is 8.21. The highest BCUT2D eigenvalue weighted by Gasteiger charge is 2.31. The molecule has 3 aromatic carbocycles. The minimum Gasteiger partial charge on any atom is -0.352 e. The number of benzene rings is 3. The normalized spacial score (nSPS) is 12.2. The van der Waals surface area contributed by atoms with E-state index in [0.29, 0.717) is 17.1 Å². The molecule has 10 heteroatoms. The van der Waals surface area contributed by atoms with Crippen LogP contribution >= 0.6 is 27.5 Å². The van der Waals surface area contributed by atoms with Gasteiger partial charge in [0.15, 0.2) is 0 Å². The lowest BCUT2D eigenvalue weighted by atomic mass is 10.0. The molecule has 0 fully saturated rings. The summed E-state index contributed by atoms with van der Waals surface area (Å²) < 4.78 is 27.3. The molecule has 0 aromatic heterocycles. The Morgan fingerprint density at radius 2 is 1.55 bits per heavy atom. The van der Waals surface area contributed by atoms with E-state index < -0.39 is 16.1 Å². The number of anilines is 1. The molecular formula is C30H35BrClN3O4S. The van der Waals surface area contributed by atoms with Crippen molar-refractivity contribution in [3.63, 3.8) is 0 Å². The fourth-order valence-electron chi connectivity index (χ4n) is 4.33. The summed E-state index contributed by atoms with van der Waals surface area (Å²) >= 11 is 9.42. The van der Waals surface area contributed by atoms with Crippen molar-refractivity contribution in [2.24, 2.45) is 0 Å². The van der Waals surface area contributed by atoms with Crippen LogP contribution in [0.25, 0.3) is 0 Å². The molecule has 0 aliphatic heterocycles. The van der Waals surface area contributed by atoms with Gasteiger partial charge in [-0.1, -0.05) is 70.0 Å². The van der Waals surface area contributed by atoms with Crippen LogP contribution in [0, 0.1) is 0 Å². The Bertz CT molecular complexity index is 1370. The molecule has 0 bridgehead atoms. The minimum atomic E-state index is -3.59. The first-order valence-corrected chi connectivity index (χ1v) is 16.1. The van der Waals surface area contributed by atoms with Gasteiger partial charge in [-0.05, 0) is 67.8 Å². The second-order valence-electron chi connectivity index (χ2n) is 9.93. The number of halogens is 2. The Balaban J connectivity index is 1.87. The summed E-state index contributed by atoms with van der Waals surface area (Å²) in [6.45, 7) is 4.12. The molecule has 0 saturated heterocycles. The predicted octanol–water partition coefficient (Wildman–Crippen LogP) is 5.81. The number of nitrogens with one attached hydrogen (secondary N) is 1. The second kappa shape index (κ2) is 14.7. The maximum atomic E-state index is 13.8. The van der Waals surface area contributed by atoms with Crippen molar-refractivity contribution in [2.45, 2.75) is 51.7 Å². The summed E-state index contributed by atoms with van der Waals surface area (Å²) in [4.78, 5) is 28.9. The number of hydrogen-bond donors (Lipinski definition) is 1. The zero-order valence-corrected chi connectivity index (χ0v) is 26.0. The summed E-state index contributed by atoms with van der Waals surface area (Å²) in [6.07, 6.45) is 1.82. The molecule has 0 aliphatic carbocycles. The largest absolute Gasteiger partial charge is 0.352 e. The number of amides is 2. The fraction of sp³-hybridized carbons (Fsp3) is 0.333. The highest BCUT2D eigenvalue weighted by atomic mass is 79.9. The van der Waals surface area contributed by atoms with Crippen molar-refractivity contribution < 1.29 is 18.0 Å². The monoisotopic (exact) mass is 647 g/mol. The Labute approximate surface area is 250 Å². The average Bonchev–Trinajstić information content (AvgIpc) is 2.90. The van der Waals surface area contributed by atoms with E-state index in [4.69, 9.17) is 11.6 Å². The molecule has 0 unspecified atom stereocenters. The Hall–Kier alpha value is -2.88. The Morgan fingerprint density at radius 3 is 2.12 bits per heavy atom. The first-order valence-electron chi connectivity index (χ1n) is 13.1. The van der Waals surface area contributed by atoms with E-state index >= 15 is 0 Å².